The number of aryl methyl sites for hydroxylation is 2. The molecule has 0 atom stereocenters. The van der Waals surface area contributed by atoms with Crippen LogP contribution in [0.3, 0.4) is 0 Å². The number of guanidine groups is 1. The fourth-order valence-corrected chi connectivity index (χ4v) is 2.40. The van der Waals surface area contributed by atoms with Gasteiger partial charge in [-0.3, -0.25) is 15.4 Å². The molecule has 0 saturated carbocycles. The van der Waals surface area contributed by atoms with Crippen molar-refractivity contribution in [3.05, 3.63) is 45.0 Å². The Morgan fingerprint density at radius 1 is 1.43 bits per heavy atom. The molecular weight excluding hydrogens is 320 g/mol. The van der Waals surface area contributed by atoms with Gasteiger partial charge < -0.3 is 11.1 Å². The number of amides is 2. The van der Waals surface area contributed by atoms with Crippen LogP contribution >= 0.6 is 11.3 Å². The molecule has 1 aromatic carbocycles. The number of anilines is 1. The molecule has 0 fully saturated rings. The van der Waals surface area contributed by atoms with Gasteiger partial charge in [0.15, 0.2) is 0 Å². The van der Waals surface area contributed by atoms with Gasteiger partial charge in [0.25, 0.3) is 5.69 Å². The van der Waals surface area contributed by atoms with E-state index in [2.05, 4.69) is 20.6 Å². The highest BCUT2D eigenvalue weighted by atomic mass is 32.1. The smallest absolute Gasteiger partial charge is 0.325 e. The number of aliphatic imine (C=N–C) groups is 1. The number of nitrogens with zero attached hydrogens (tertiary/aromatic N) is 3. The molecular formula is C13H14N6O3S. The van der Waals surface area contributed by atoms with Crippen LogP contribution in [0.2, 0.25) is 0 Å². The first kappa shape index (κ1) is 16.4. The summed E-state index contributed by atoms with van der Waals surface area (Å²) in [5.41, 5.74) is 6.63. The number of rotatable bonds is 3. The zero-order valence-corrected chi connectivity index (χ0v) is 13.2. The molecule has 23 heavy (non-hydrogen) atoms. The topological polar surface area (TPSA) is 136 Å². The van der Waals surface area contributed by atoms with Crippen molar-refractivity contribution < 1.29 is 9.72 Å². The van der Waals surface area contributed by atoms with Gasteiger partial charge in [-0.15, -0.1) is 0 Å². The predicted octanol–water partition coefficient (Wildman–Crippen LogP) is 2.44. The third kappa shape index (κ3) is 4.48. The second kappa shape index (κ2) is 6.83. The van der Waals surface area contributed by atoms with E-state index in [0.717, 1.165) is 10.6 Å². The van der Waals surface area contributed by atoms with Crippen LogP contribution in [0.25, 0.3) is 0 Å². The number of non-ortho nitro benzene ring substituents is 1. The van der Waals surface area contributed by atoms with Gasteiger partial charge in [0.1, 0.15) is 0 Å². The first-order chi connectivity index (χ1) is 10.8. The summed E-state index contributed by atoms with van der Waals surface area (Å²) in [6, 6.07) is 4.89. The molecule has 1 heterocycles. The van der Waals surface area contributed by atoms with Crippen molar-refractivity contribution in [1.82, 2.24) is 10.3 Å². The van der Waals surface area contributed by atoms with E-state index in [1.165, 1.54) is 35.6 Å². The molecule has 1 aromatic heterocycles. The Kier molecular flexibility index (Phi) is 4.86. The van der Waals surface area contributed by atoms with Crippen molar-refractivity contribution in [3.8, 4) is 0 Å². The standard InChI is InChI=1S/C13H14N6O3S/c1-7-8(2)23-13(15-7)18-11(14)17-12(20)16-9-4-3-5-10(6-9)19(21)22/h3-6H,1-2H3,(H4,14,15,16,17,18,20). The number of nitrogens with two attached hydrogens (primary N) is 1. The van der Waals surface area contributed by atoms with Crippen LogP contribution in [0.4, 0.5) is 21.3 Å². The van der Waals surface area contributed by atoms with Gasteiger partial charge in [-0.05, 0) is 19.9 Å². The molecule has 0 saturated heterocycles. The molecule has 0 aliphatic heterocycles. The number of hydrogen-bond donors (Lipinski definition) is 3. The predicted molar refractivity (Wildman–Crippen MR) is 88.1 cm³/mol. The van der Waals surface area contributed by atoms with Gasteiger partial charge in [0.05, 0.1) is 10.6 Å². The van der Waals surface area contributed by atoms with Crippen LogP contribution < -0.4 is 16.4 Å². The molecule has 10 heteroatoms. The molecule has 0 bridgehead atoms. The van der Waals surface area contributed by atoms with Crippen molar-refractivity contribution in [2.24, 2.45) is 10.7 Å². The summed E-state index contributed by atoms with van der Waals surface area (Å²) >= 11 is 1.35. The highest BCUT2D eigenvalue weighted by molar-refractivity contribution is 7.15. The third-order valence-corrected chi connectivity index (χ3v) is 3.76. The highest BCUT2D eigenvalue weighted by Crippen LogP contribution is 2.23. The Morgan fingerprint density at radius 3 is 2.78 bits per heavy atom. The van der Waals surface area contributed by atoms with E-state index < -0.39 is 11.0 Å². The molecule has 2 amide bonds. The number of aromatic nitrogens is 1. The number of carbonyl (C=O) groups is 1. The van der Waals surface area contributed by atoms with Gasteiger partial charge in [-0.2, -0.15) is 4.99 Å². The molecule has 2 aromatic rings. The largest absolute Gasteiger partial charge is 0.369 e. The van der Waals surface area contributed by atoms with Crippen LogP contribution in [0.15, 0.2) is 29.3 Å². The Hall–Kier alpha value is -3.01. The van der Waals surface area contributed by atoms with Gasteiger partial charge in [0.2, 0.25) is 11.1 Å². The molecule has 0 unspecified atom stereocenters. The molecule has 4 N–H and O–H groups in total. The van der Waals surface area contributed by atoms with E-state index in [-0.39, 0.29) is 17.3 Å². The van der Waals surface area contributed by atoms with Crippen LogP contribution in [0.5, 0.6) is 0 Å². The van der Waals surface area contributed by atoms with Crippen molar-refractivity contribution >= 4 is 39.8 Å². The number of benzene rings is 1. The molecule has 120 valence electrons. The number of nitro benzene ring substituents is 1. The lowest BCUT2D eigenvalue weighted by Gasteiger charge is -2.06. The Balaban J connectivity index is 2.01. The first-order valence-corrected chi connectivity index (χ1v) is 7.27. The lowest BCUT2D eigenvalue weighted by atomic mass is 10.3. The molecule has 9 nitrogen and oxygen atoms in total. The summed E-state index contributed by atoms with van der Waals surface area (Å²) in [4.78, 5) is 31.1. The van der Waals surface area contributed by atoms with Gasteiger partial charge in [-0.25, -0.2) is 9.78 Å². The van der Waals surface area contributed by atoms with Crippen molar-refractivity contribution in [3.63, 3.8) is 0 Å². The second-order valence-electron chi connectivity index (χ2n) is 4.52. The van der Waals surface area contributed by atoms with E-state index in [1.54, 1.807) is 0 Å². The van der Waals surface area contributed by atoms with Crippen LogP contribution in [-0.2, 0) is 0 Å². The summed E-state index contributed by atoms with van der Waals surface area (Å²) in [5, 5.41) is 15.9. The maximum atomic E-state index is 11.8. The van der Waals surface area contributed by atoms with Gasteiger partial charge in [-0.1, -0.05) is 17.4 Å². The Bertz CT molecular complexity index is 766. The van der Waals surface area contributed by atoms with Crippen LogP contribution in [0, 0.1) is 24.0 Å². The van der Waals surface area contributed by atoms with E-state index in [9.17, 15) is 14.9 Å². The number of nitro groups is 1. The van der Waals surface area contributed by atoms with Crippen molar-refractivity contribution in [1.29, 1.82) is 0 Å². The lowest BCUT2D eigenvalue weighted by Crippen LogP contribution is -2.39. The quantitative estimate of drug-likeness (QED) is 0.343. The fraction of sp³-hybridized carbons (Fsp3) is 0.154. The van der Waals surface area contributed by atoms with Gasteiger partial charge in [0, 0.05) is 22.7 Å². The minimum atomic E-state index is -0.656. The minimum absolute atomic E-state index is 0.123. The summed E-state index contributed by atoms with van der Waals surface area (Å²) in [7, 11) is 0. The molecule has 0 radical (unpaired) electrons. The summed E-state index contributed by atoms with van der Waals surface area (Å²) in [6.07, 6.45) is 0. The van der Waals surface area contributed by atoms with E-state index >= 15 is 0 Å². The number of thiazole rings is 1. The van der Waals surface area contributed by atoms with Crippen molar-refractivity contribution in [2.45, 2.75) is 13.8 Å². The van der Waals surface area contributed by atoms with Gasteiger partial charge >= 0.3 is 6.03 Å². The van der Waals surface area contributed by atoms with Crippen LogP contribution in [0.1, 0.15) is 10.6 Å². The summed E-state index contributed by atoms with van der Waals surface area (Å²) in [6.45, 7) is 3.76. The summed E-state index contributed by atoms with van der Waals surface area (Å²) in [5.74, 6) is -0.123. The van der Waals surface area contributed by atoms with E-state index in [1.807, 2.05) is 13.8 Å². The zero-order valence-electron chi connectivity index (χ0n) is 12.4. The molecule has 0 spiro atoms. The number of nitrogens with one attached hydrogen (secondary N) is 2. The Labute approximate surface area is 135 Å². The minimum Gasteiger partial charge on any atom is -0.369 e. The fourth-order valence-electron chi connectivity index (χ4n) is 1.61. The number of hydrogen-bond acceptors (Lipinski definition) is 6. The molecule has 2 rings (SSSR count). The van der Waals surface area contributed by atoms with Crippen molar-refractivity contribution in [2.75, 3.05) is 5.32 Å². The summed E-state index contributed by atoms with van der Waals surface area (Å²) < 4.78 is 0. The Morgan fingerprint density at radius 2 is 2.17 bits per heavy atom. The first-order valence-electron chi connectivity index (χ1n) is 6.46. The average Bonchev–Trinajstić information content (AvgIpc) is 2.76. The van der Waals surface area contributed by atoms with E-state index in [4.69, 9.17) is 5.73 Å². The SMILES string of the molecule is Cc1nc(/N=C(\N)NC(=O)Nc2cccc([N+](=O)[O-])c2)sc1C. The van der Waals surface area contributed by atoms with Crippen LogP contribution in [-0.4, -0.2) is 21.9 Å². The maximum Gasteiger partial charge on any atom is 0.325 e. The maximum absolute atomic E-state index is 11.8. The van der Waals surface area contributed by atoms with E-state index in [0.29, 0.717) is 5.13 Å². The normalized spacial score (nSPS) is 11.1. The molecule has 0 aliphatic rings. The number of urea groups is 1. The lowest BCUT2D eigenvalue weighted by molar-refractivity contribution is -0.384. The third-order valence-electron chi connectivity index (χ3n) is 2.79. The zero-order chi connectivity index (χ0) is 17.0. The number of carbonyl (C=O) groups excluding carboxylic acids is 1. The monoisotopic (exact) mass is 334 g/mol. The average molecular weight is 334 g/mol. The molecule has 0 aliphatic carbocycles. The second-order valence-corrected chi connectivity index (χ2v) is 5.70. The highest BCUT2D eigenvalue weighted by Gasteiger charge is 2.09.